The second-order valence-corrected chi connectivity index (χ2v) is 7.47. The smallest absolute Gasteiger partial charge is 0.0930 e. The van der Waals surface area contributed by atoms with E-state index in [4.69, 9.17) is 0 Å². The van der Waals surface area contributed by atoms with Crippen molar-refractivity contribution in [2.75, 3.05) is 13.1 Å². The normalized spacial score (nSPS) is 17.4. The van der Waals surface area contributed by atoms with Crippen LogP contribution in [0.3, 0.4) is 0 Å². The topological polar surface area (TPSA) is 46.8 Å². The Bertz CT molecular complexity index is 939. The van der Waals surface area contributed by atoms with Gasteiger partial charge in [-0.25, -0.2) is 0 Å². The molecule has 1 atom stereocenters. The van der Waals surface area contributed by atoms with Gasteiger partial charge in [0.2, 0.25) is 0 Å². The minimum absolute atomic E-state index is 0.329. The summed E-state index contributed by atoms with van der Waals surface area (Å²) in [5.74, 6) is 0.443. The average Bonchev–Trinajstić information content (AvgIpc) is 3.28. The Labute approximate surface area is 154 Å². The first-order chi connectivity index (χ1) is 12.5. The molecular weight excluding hydrogens is 322 g/mol. The molecule has 5 nitrogen and oxygen atoms in total. The van der Waals surface area contributed by atoms with Gasteiger partial charge in [0.15, 0.2) is 0 Å². The summed E-state index contributed by atoms with van der Waals surface area (Å²) in [6.07, 6.45) is 3.03. The second-order valence-electron chi connectivity index (χ2n) is 7.47. The minimum atomic E-state index is 0.329. The first kappa shape index (κ1) is 16.8. The van der Waals surface area contributed by atoms with Gasteiger partial charge in [-0.05, 0) is 45.4 Å². The fourth-order valence-corrected chi connectivity index (χ4v) is 3.67. The van der Waals surface area contributed by atoms with E-state index in [1.165, 1.54) is 0 Å². The molecule has 0 bridgehead atoms. The number of benzene rings is 1. The molecule has 0 radical (unpaired) electrons. The molecule has 1 unspecified atom stereocenters. The van der Waals surface area contributed by atoms with E-state index in [2.05, 4.69) is 77.9 Å². The van der Waals surface area contributed by atoms with Crippen LogP contribution in [0, 0.1) is 0 Å². The maximum atomic E-state index is 4.53. The van der Waals surface area contributed by atoms with Crippen molar-refractivity contribution in [3.8, 4) is 11.3 Å². The molecule has 0 aliphatic carbocycles. The largest absolute Gasteiger partial charge is 0.375 e. The molecule has 0 N–H and O–H groups in total. The van der Waals surface area contributed by atoms with E-state index in [0.29, 0.717) is 12.0 Å². The maximum absolute atomic E-state index is 4.53. The number of aromatic nitrogens is 4. The molecule has 0 amide bonds. The van der Waals surface area contributed by atoms with Gasteiger partial charge >= 0.3 is 0 Å². The van der Waals surface area contributed by atoms with Gasteiger partial charge in [0.1, 0.15) is 0 Å². The average molecular weight is 347 g/mol. The lowest BCUT2D eigenvalue weighted by Crippen LogP contribution is -2.17. The second kappa shape index (κ2) is 6.56. The van der Waals surface area contributed by atoms with Crippen molar-refractivity contribution in [2.24, 2.45) is 0 Å². The molecule has 2 aromatic heterocycles. The van der Waals surface area contributed by atoms with Crippen LogP contribution in [0.1, 0.15) is 44.8 Å². The lowest BCUT2D eigenvalue weighted by atomic mass is 10.0. The monoisotopic (exact) mass is 347 g/mol. The molecule has 1 aliphatic rings. The summed E-state index contributed by atoms with van der Waals surface area (Å²) in [4.78, 5) is 2.32. The van der Waals surface area contributed by atoms with E-state index in [9.17, 15) is 0 Å². The molecule has 1 saturated heterocycles. The molecule has 5 heteroatoms. The summed E-state index contributed by atoms with van der Waals surface area (Å²) in [5.41, 5.74) is 5.32. The molecule has 26 heavy (non-hydrogen) atoms. The summed E-state index contributed by atoms with van der Waals surface area (Å²) >= 11 is 0. The summed E-state index contributed by atoms with van der Waals surface area (Å²) < 4.78 is 2.05. The Morgan fingerprint density at radius 3 is 2.69 bits per heavy atom. The molecule has 1 fully saturated rings. The highest BCUT2D eigenvalue weighted by Crippen LogP contribution is 2.29. The van der Waals surface area contributed by atoms with E-state index >= 15 is 0 Å². The van der Waals surface area contributed by atoms with Crippen molar-refractivity contribution in [1.29, 1.82) is 0 Å². The fourth-order valence-electron chi connectivity index (χ4n) is 3.67. The number of rotatable bonds is 4. The van der Waals surface area contributed by atoms with Crippen molar-refractivity contribution in [3.63, 3.8) is 0 Å². The fraction of sp³-hybridized carbons (Fsp3) is 0.381. The number of nitrogens with zero attached hydrogens (tertiary/aromatic N) is 5. The first-order valence-corrected chi connectivity index (χ1v) is 9.24. The predicted octanol–water partition coefficient (Wildman–Crippen LogP) is 4.40. The molecule has 3 heterocycles. The van der Waals surface area contributed by atoms with E-state index in [1.54, 1.807) is 0 Å². The van der Waals surface area contributed by atoms with Gasteiger partial charge in [-0.3, -0.25) is 4.68 Å². The molecule has 4 rings (SSSR count). The van der Waals surface area contributed by atoms with Gasteiger partial charge in [0.25, 0.3) is 0 Å². The van der Waals surface area contributed by atoms with Crippen molar-refractivity contribution in [2.45, 2.75) is 39.2 Å². The number of likely N-dealkylation sites (tertiary alicyclic amines) is 1. The number of hydrogen-bond donors (Lipinski definition) is 0. The maximum Gasteiger partial charge on any atom is 0.0930 e. The van der Waals surface area contributed by atoms with Crippen LogP contribution < -0.4 is 0 Å². The van der Waals surface area contributed by atoms with Crippen molar-refractivity contribution < 1.29 is 0 Å². The van der Waals surface area contributed by atoms with Crippen LogP contribution >= 0.6 is 0 Å². The summed E-state index contributed by atoms with van der Waals surface area (Å²) in [6.45, 7) is 12.4. The van der Waals surface area contributed by atoms with E-state index < -0.39 is 0 Å². The summed E-state index contributed by atoms with van der Waals surface area (Å²) in [7, 11) is 0. The molecular formula is C21H25N5. The van der Waals surface area contributed by atoms with Gasteiger partial charge in [0, 0.05) is 41.7 Å². The Balaban J connectivity index is 1.60. The third-order valence-electron chi connectivity index (χ3n) is 5.21. The molecule has 0 spiro atoms. The highest BCUT2D eigenvalue weighted by atomic mass is 15.3. The van der Waals surface area contributed by atoms with Gasteiger partial charge in [-0.1, -0.05) is 18.7 Å². The Morgan fingerprint density at radius 2 is 2.04 bits per heavy atom. The van der Waals surface area contributed by atoms with Crippen molar-refractivity contribution in [1.82, 2.24) is 24.9 Å². The number of hydrogen-bond acceptors (Lipinski definition) is 4. The predicted molar refractivity (Wildman–Crippen MR) is 105 cm³/mol. The van der Waals surface area contributed by atoms with Crippen molar-refractivity contribution >= 4 is 10.9 Å². The molecule has 1 aliphatic heterocycles. The number of fused-ring (bicyclic) bond motifs is 1. The zero-order chi connectivity index (χ0) is 18.3. The molecule has 0 saturated carbocycles. The Hall–Kier alpha value is -2.69. The zero-order valence-corrected chi connectivity index (χ0v) is 15.7. The third kappa shape index (κ3) is 2.98. The Kier molecular flexibility index (Phi) is 4.23. The van der Waals surface area contributed by atoms with Crippen LogP contribution in [-0.2, 0) is 0 Å². The highest BCUT2D eigenvalue weighted by molar-refractivity contribution is 5.83. The van der Waals surface area contributed by atoms with E-state index in [1.807, 2.05) is 10.9 Å². The van der Waals surface area contributed by atoms with E-state index in [0.717, 1.165) is 53.1 Å². The number of allylic oxidation sites excluding steroid dienone is 1. The zero-order valence-electron chi connectivity index (χ0n) is 15.7. The quantitative estimate of drug-likeness (QED) is 0.702. The van der Waals surface area contributed by atoms with Gasteiger partial charge in [0.05, 0.1) is 23.1 Å². The lowest BCUT2D eigenvalue weighted by Gasteiger charge is -2.17. The molecule has 3 aromatic rings. The van der Waals surface area contributed by atoms with Crippen molar-refractivity contribution in [3.05, 3.63) is 54.5 Å². The van der Waals surface area contributed by atoms with Crippen LogP contribution in [0.15, 0.2) is 48.8 Å². The summed E-state index contributed by atoms with van der Waals surface area (Å²) in [6, 6.07) is 10.9. The standard InChI is InChI=1S/C21H25N5/c1-14(2)25-10-9-18(13-25)20-8-7-19(23-24-20)16-5-6-17-12-22-26(15(3)4)21(17)11-16/h5-8,11-12,15,18H,1,9-10,13H2,2-4H3. The highest BCUT2D eigenvalue weighted by Gasteiger charge is 2.24. The van der Waals surface area contributed by atoms with E-state index in [-0.39, 0.29) is 0 Å². The van der Waals surface area contributed by atoms with Crippen LogP contribution in [0.25, 0.3) is 22.2 Å². The molecule has 134 valence electrons. The van der Waals surface area contributed by atoms with Gasteiger partial charge in [-0.2, -0.15) is 15.3 Å². The van der Waals surface area contributed by atoms with Crippen LogP contribution in [0.2, 0.25) is 0 Å². The van der Waals surface area contributed by atoms with Gasteiger partial charge < -0.3 is 4.90 Å². The summed E-state index contributed by atoms with van der Waals surface area (Å²) in [5, 5.41) is 14.7. The van der Waals surface area contributed by atoms with Crippen LogP contribution in [0.4, 0.5) is 0 Å². The van der Waals surface area contributed by atoms with Crippen LogP contribution in [0.5, 0.6) is 0 Å². The Morgan fingerprint density at radius 1 is 1.19 bits per heavy atom. The minimum Gasteiger partial charge on any atom is -0.375 e. The van der Waals surface area contributed by atoms with Gasteiger partial charge in [-0.15, -0.1) is 0 Å². The third-order valence-corrected chi connectivity index (χ3v) is 5.21. The van der Waals surface area contributed by atoms with Crippen LogP contribution in [-0.4, -0.2) is 38.0 Å². The molecule has 1 aromatic carbocycles. The SMILES string of the molecule is C=C(C)N1CCC(c2ccc(-c3ccc4cnn(C(C)C)c4c3)nn2)C1. The lowest BCUT2D eigenvalue weighted by molar-refractivity contribution is 0.422. The first-order valence-electron chi connectivity index (χ1n) is 9.24.